The molecule has 0 unspecified atom stereocenters. The molecule has 1 heterocycles. The summed E-state index contributed by atoms with van der Waals surface area (Å²) in [6.45, 7) is 5.32. The van der Waals surface area contributed by atoms with Crippen molar-refractivity contribution in [1.82, 2.24) is 0 Å². The fourth-order valence-electron chi connectivity index (χ4n) is 2.62. The van der Waals surface area contributed by atoms with Crippen LogP contribution in [-0.2, 0) is 9.53 Å². The van der Waals surface area contributed by atoms with Gasteiger partial charge in [0.25, 0.3) is 5.91 Å². The monoisotopic (exact) mass is 371 g/mol. The highest BCUT2D eigenvalue weighted by Gasteiger charge is 2.21. The van der Waals surface area contributed by atoms with Crippen LogP contribution in [0.25, 0.3) is 10.1 Å². The van der Waals surface area contributed by atoms with E-state index in [0.29, 0.717) is 10.3 Å². The van der Waals surface area contributed by atoms with E-state index in [1.54, 1.807) is 12.1 Å². The number of esters is 1. The van der Waals surface area contributed by atoms with Crippen LogP contribution in [0.15, 0.2) is 42.5 Å². The first-order valence-corrected chi connectivity index (χ1v) is 8.94. The van der Waals surface area contributed by atoms with Gasteiger partial charge in [0.15, 0.2) is 6.10 Å². The first kappa shape index (κ1) is 18.1. The molecule has 0 fully saturated rings. The van der Waals surface area contributed by atoms with E-state index < -0.39 is 18.0 Å². The second-order valence-electron chi connectivity index (χ2n) is 6.10. The standard InChI is InChI=1S/C20H18FNO3S/c1-11-5-4-6-12(2)18(11)22-19(23)13(3)25-20(24)17-10-14-9-15(21)7-8-16(14)26-17/h4-10,13H,1-3H3,(H,22,23)/t13-/m0/s1. The predicted molar refractivity (Wildman–Crippen MR) is 101 cm³/mol. The van der Waals surface area contributed by atoms with E-state index in [0.717, 1.165) is 21.5 Å². The van der Waals surface area contributed by atoms with E-state index in [2.05, 4.69) is 5.32 Å². The Hall–Kier alpha value is -2.73. The average molecular weight is 371 g/mol. The number of carbonyl (C=O) groups is 2. The van der Waals surface area contributed by atoms with Crippen molar-refractivity contribution in [1.29, 1.82) is 0 Å². The van der Waals surface area contributed by atoms with Gasteiger partial charge >= 0.3 is 5.97 Å². The summed E-state index contributed by atoms with van der Waals surface area (Å²) in [7, 11) is 0. The van der Waals surface area contributed by atoms with Crippen LogP contribution in [0.1, 0.15) is 27.7 Å². The van der Waals surface area contributed by atoms with E-state index in [-0.39, 0.29) is 5.82 Å². The van der Waals surface area contributed by atoms with Crippen LogP contribution in [0.4, 0.5) is 10.1 Å². The molecule has 6 heteroatoms. The maximum absolute atomic E-state index is 13.3. The van der Waals surface area contributed by atoms with Crippen molar-refractivity contribution < 1.29 is 18.7 Å². The van der Waals surface area contributed by atoms with Gasteiger partial charge in [-0.3, -0.25) is 4.79 Å². The summed E-state index contributed by atoms with van der Waals surface area (Å²) in [4.78, 5) is 25.0. The molecule has 0 aliphatic rings. The summed E-state index contributed by atoms with van der Waals surface area (Å²) in [5, 5.41) is 3.44. The molecule has 26 heavy (non-hydrogen) atoms. The van der Waals surface area contributed by atoms with Crippen molar-refractivity contribution in [2.24, 2.45) is 0 Å². The molecule has 0 radical (unpaired) electrons. The van der Waals surface area contributed by atoms with Gasteiger partial charge in [-0.15, -0.1) is 11.3 Å². The number of rotatable bonds is 4. The molecule has 0 spiro atoms. The van der Waals surface area contributed by atoms with E-state index in [4.69, 9.17) is 4.74 Å². The van der Waals surface area contributed by atoms with Gasteiger partial charge in [0, 0.05) is 10.4 Å². The molecule has 0 bridgehead atoms. The number of halogens is 1. The van der Waals surface area contributed by atoms with E-state index in [9.17, 15) is 14.0 Å². The molecule has 1 atom stereocenters. The lowest BCUT2D eigenvalue weighted by atomic mass is 10.1. The van der Waals surface area contributed by atoms with Crippen LogP contribution in [-0.4, -0.2) is 18.0 Å². The van der Waals surface area contributed by atoms with E-state index in [1.165, 1.54) is 30.4 Å². The minimum atomic E-state index is -0.955. The summed E-state index contributed by atoms with van der Waals surface area (Å²) < 4.78 is 19.3. The van der Waals surface area contributed by atoms with Gasteiger partial charge in [-0.1, -0.05) is 18.2 Å². The van der Waals surface area contributed by atoms with Crippen LogP contribution >= 0.6 is 11.3 Å². The number of carbonyl (C=O) groups excluding carboxylic acids is 2. The van der Waals surface area contributed by atoms with Gasteiger partial charge in [-0.05, 0) is 61.5 Å². The number of amides is 1. The molecular formula is C20H18FNO3S. The number of anilines is 1. The Kier molecular flexibility index (Phi) is 5.04. The molecule has 4 nitrogen and oxygen atoms in total. The number of fused-ring (bicyclic) bond motifs is 1. The summed E-state index contributed by atoms with van der Waals surface area (Å²) in [5.74, 6) is -1.37. The Bertz CT molecular complexity index is 976. The fraction of sp³-hybridized carbons (Fsp3) is 0.200. The number of ether oxygens (including phenoxy) is 1. The Morgan fingerprint density at radius 2 is 1.81 bits per heavy atom. The zero-order valence-electron chi connectivity index (χ0n) is 14.6. The first-order valence-electron chi connectivity index (χ1n) is 8.12. The molecule has 1 N–H and O–H groups in total. The van der Waals surface area contributed by atoms with Gasteiger partial charge in [0.1, 0.15) is 10.7 Å². The van der Waals surface area contributed by atoms with Crippen molar-refractivity contribution in [3.8, 4) is 0 Å². The quantitative estimate of drug-likeness (QED) is 0.668. The van der Waals surface area contributed by atoms with Gasteiger partial charge in [-0.2, -0.15) is 0 Å². The largest absolute Gasteiger partial charge is 0.448 e. The first-order chi connectivity index (χ1) is 12.3. The van der Waals surface area contributed by atoms with Crippen molar-refractivity contribution in [2.45, 2.75) is 26.9 Å². The van der Waals surface area contributed by atoms with Gasteiger partial charge in [-0.25, -0.2) is 9.18 Å². The predicted octanol–water partition coefficient (Wildman–Crippen LogP) is 4.84. The fourth-order valence-corrected chi connectivity index (χ4v) is 3.55. The third-order valence-electron chi connectivity index (χ3n) is 4.06. The number of hydrogen-bond donors (Lipinski definition) is 1. The third kappa shape index (κ3) is 3.75. The van der Waals surface area contributed by atoms with Gasteiger partial charge < -0.3 is 10.1 Å². The van der Waals surface area contributed by atoms with Gasteiger partial charge in [0.2, 0.25) is 0 Å². The maximum atomic E-state index is 13.3. The van der Waals surface area contributed by atoms with Crippen LogP contribution < -0.4 is 5.32 Å². The molecule has 3 aromatic rings. The molecule has 0 saturated carbocycles. The minimum Gasteiger partial charge on any atom is -0.448 e. The zero-order valence-corrected chi connectivity index (χ0v) is 15.4. The summed E-state index contributed by atoms with van der Waals surface area (Å²) >= 11 is 1.20. The summed E-state index contributed by atoms with van der Waals surface area (Å²) in [6.07, 6.45) is -0.955. The number of thiophene rings is 1. The lowest BCUT2D eigenvalue weighted by Crippen LogP contribution is -2.30. The Morgan fingerprint density at radius 3 is 2.50 bits per heavy atom. The van der Waals surface area contributed by atoms with Crippen LogP contribution in [0.5, 0.6) is 0 Å². The molecule has 1 amide bonds. The second-order valence-corrected chi connectivity index (χ2v) is 7.18. The topological polar surface area (TPSA) is 55.4 Å². The highest BCUT2D eigenvalue weighted by Crippen LogP contribution is 2.27. The second kappa shape index (κ2) is 7.25. The molecule has 0 aliphatic heterocycles. The number of aryl methyl sites for hydroxylation is 2. The van der Waals surface area contributed by atoms with Crippen molar-refractivity contribution >= 4 is 39.0 Å². The lowest BCUT2D eigenvalue weighted by Gasteiger charge is -2.15. The Labute approximate surface area is 154 Å². The van der Waals surface area contributed by atoms with Crippen molar-refractivity contribution in [3.63, 3.8) is 0 Å². The maximum Gasteiger partial charge on any atom is 0.349 e. The smallest absolute Gasteiger partial charge is 0.349 e. The highest BCUT2D eigenvalue weighted by molar-refractivity contribution is 7.20. The van der Waals surface area contributed by atoms with E-state index >= 15 is 0 Å². The molecule has 0 aliphatic carbocycles. The van der Waals surface area contributed by atoms with Crippen molar-refractivity contribution in [2.75, 3.05) is 5.32 Å². The number of benzene rings is 2. The van der Waals surface area contributed by atoms with E-state index in [1.807, 2.05) is 32.0 Å². The van der Waals surface area contributed by atoms with Crippen LogP contribution in [0, 0.1) is 19.7 Å². The molecule has 2 aromatic carbocycles. The number of para-hydroxylation sites is 1. The lowest BCUT2D eigenvalue weighted by molar-refractivity contribution is -0.123. The average Bonchev–Trinajstić information content (AvgIpc) is 3.01. The number of nitrogens with one attached hydrogen (secondary N) is 1. The van der Waals surface area contributed by atoms with Gasteiger partial charge in [0.05, 0.1) is 0 Å². The Morgan fingerprint density at radius 1 is 1.12 bits per heavy atom. The molecular weight excluding hydrogens is 353 g/mol. The Balaban J connectivity index is 1.70. The van der Waals surface area contributed by atoms with Crippen LogP contribution in [0.3, 0.4) is 0 Å². The highest BCUT2D eigenvalue weighted by atomic mass is 32.1. The molecule has 134 valence electrons. The molecule has 1 aromatic heterocycles. The zero-order chi connectivity index (χ0) is 18.8. The SMILES string of the molecule is Cc1cccc(C)c1NC(=O)[C@H](C)OC(=O)c1cc2cc(F)ccc2s1. The summed E-state index contributed by atoms with van der Waals surface area (Å²) in [6, 6.07) is 11.6. The third-order valence-corrected chi connectivity index (χ3v) is 5.16. The van der Waals surface area contributed by atoms with Crippen molar-refractivity contribution in [3.05, 3.63) is 64.3 Å². The van der Waals surface area contributed by atoms with Crippen LogP contribution in [0.2, 0.25) is 0 Å². The summed E-state index contributed by atoms with van der Waals surface area (Å²) in [5.41, 5.74) is 2.59. The minimum absolute atomic E-state index is 0.331. The molecule has 0 saturated heterocycles. The molecule has 3 rings (SSSR count). The normalized spacial score (nSPS) is 12.0. The number of hydrogen-bond acceptors (Lipinski definition) is 4.